The minimum Gasteiger partial charge on any atom is -0.342 e. The van der Waals surface area contributed by atoms with E-state index in [-0.39, 0.29) is 11.8 Å². The van der Waals surface area contributed by atoms with Crippen molar-refractivity contribution in [2.45, 2.75) is 31.8 Å². The summed E-state index contributed by atoms with van der Waals surface area (Å²) in [6.07, 6.45) is 5.95. The first-order valence-electron chi connectivity index (χ1n) is 11.0. The lowest BCUT2D eigenvalue weighted by molar-refractivity contribution is -0.133. The number of carbonyl (C=O) groups is 2. The Labute approximate surface area is 188 Å². The maximum absolute atomic E-state index is 12.8. The van der Waals surface area contributed by atoms with Gasteiger partial charge in [0.05, 0.1) is 12.3 Å². The second-order valence-electron chi connectivity index (χ2n) is 8.38. The molecule has 0 atom stereocenters. The summed E-state index contributed by atoms with van der Waals surface area (Å²) in [5.41, 5.74) is 3.56. The molecule has 8 heteroatoms. The van der Waals surface area contributed by atoms with Crippen molar-refractivity contribution in [1.82, 2.24) is 24.3 Å². The molecule has 2 aliphatic rings. The van der Waals surface area contributed by atoms with Crippen molar-refractivity contribution in [3.8, 4) is 5.69 Å². The summed E-state index contributed by atoms with van der Waals surface area (Å²) in [6.45, 7) is 9.34. The van der Waals surface area contributed by atoms with E-state index in [2.05, 4.69) is 41.9 Å². The summed E-state index contributed by atoms with van der Waals surface area (Å²) in [4.78, 5) is 35.6. The number of imidazole rings is 1. The summed E-state index contributed by atoms with van der Waals surface area (Å²) < 4.78 is 2.03. The molecular weight excluding hydrogens is 410 g/mol. The van der Waals surface area contributed by atoms with E-state index in [9.17, 15) is 9.59 Å². The SMILES string of the molecule is Cc1ccc(-n2ccnc2SCC(=O)N2CCN(CC(=O)N3CCCC3)CC2)cc1C. The number of likely N-dealkylation sites (tertiary alicyclic amines) is 1. The third-order valence-electron chi connectivity index (χ3n) is 6.24. The number of benzene rings is 1. The zero-order valence-corrected chi connectivity index (χ0v) is 19.2. The maximum Gasteiger partial charge on any atom is 0.236 e. The number of amides is 2. The molecule has 0 unspecified atom stereocenters. The Kier molecular flexibility index (Phi) is 6.97. The van der Waals surface area contributed by atoms with E-state index in [1.165, 1.54) is 22.9 Å². The molecule has 1 aromatic carbocycles. The van der Waals surface area contributed by atoms with E-state index in [0.717, 1.165) is 49.9 Å². The standard InChI is InChI=1S/C23H31N5O2S/c1-18-5-6-20(15-19(18)2)28-10-7-24-23(28)31-17-22(30)27-13-11-25(12-14-27)16-21(29)26-8-3-4-9-26/h5-7,10,15H,3-4,8-9,11-14,16-17H2,1-2H3. The van der Waals surface area contributed by atoms with Gasteiger partial charge in [-0.1, -0.05) is 17.8 Å². The fourth-order valence-corrected chi connectivity index (χ4v) is 4.98. The van der Waals surface area contributed by atoms with Crippen LogP contribution in [0.1, 0.15) is 24.0 Å². The van der Waals surface area contributed by atoms with Crippen LogP contribution in [0.15, 0.2) is 35.7 Å². The van der Waals surface area contributed by atoms with Crippen molar-refractivity contribution >= 4 is 23.6 Å². The summed E-state index contributed by atoms with van der Waals surface area (Å²) in [7, 11) is 0. The van der Waals surface area contributed by atoms with Gasteiger partial charge in [-0.3, -0.25) is 19.1 Å². The van der Waals surface area contributed by atoms with Gasteiger partial charge in [0.25, 0.3) is 0 Å². The van der Waals surface area contributed by atoms with Crippen LogP contribution in [-0.2, 0) is 9.59 Å². The Morgan fingerprint density at radius 3 is 2.35 bits per heavy atom. The predicted molar refractivity (Wildman–Crippen MR) is 123 cm³/mol. The third-order valence-corrected chi connectivity index (χ3v) is 7.19. The Bertz CT molecular complexity index is 930. The van der Waals surface area contributed by atoms with Crippen LogP contribution in [0.5, 0.6) is 0 Å². The minimum atomic E-state index is 0.130. The van der Waals surface area contributed by atoms with Gasteiger partial charge in [-0.25, -0.2) is 4.98 Å². The van der Waals surface area contributed by atoms with Crippen molar-refractivity contribution in [3.05, 3.63) is 41.7 Å². The molecular formula is C23H31N5O2S. The van der Waals surface area contributed by atoms with Crippen LogP contribution in [0.2, 0.25) is 0 Å². The van der Waals surface area contributed by atoms with Crippen LogP contribution in [0.3, 0.4) is 0 Å². The topological polar surface area (TPSA) is 61.7 Å². The lowest BCUT2D eigenvalue weighted by Gasteiger charge is -2.35. The molecule has 7 nitrogen and oxygen atoms in total. The highest BCUT2D eigenvalue weighted by atomic mass is 32.2. The molecule has 2 fully saturated rings. The average Bonchev–Trinajstić information content (AvgIpc) is 3.47. The van der Waals surface area contributed by atoms with Crippen LogP contribution in [0.4, 0.5) is 0 Å². The van der Waals surface area contributed by atoms with Gasteiger partial charge in [0.15, 0.2) is 5.16 Å². The van der Waals surface area contributed by atoms with Gasteiger partial charge in [-0.15, -0.1) is 0 Å². The van der Waals surface area contributed by atoms with Crippen LogP contribution < -0.4 is 0 Å². The molecule has 2 aromatic rings. The number of carbonyl (C=O) groups excluding carboxylic acids is 2. The highest BCUT2D eigenvalue weighted by molar-refractivity contribution is 7.99. The number of hydrogen-bond acceptors (Lipinski definition) is 5. The Morgan fingerprint density at radius 1 is 0.935 bits per heavy atom. The molecule has 2 aliphatic heterocycles. The monoisotopic (exact) mass is 441 g/mol. The molecule has 2 saturated heterocycles. The quantitative estimate of drug-likeness (QED) is 0.644. The van der Waals surface area contributed by atoms with Gasteiger partial charge in [0, 0.05) is 57.3 Å². The first-order valence-corrected chi connectivity index (χ1v) is 12.0. The first-order chi connectivity index (χ1) is 15.0. The predicted octanol–water partition coefficient (Wildman–Crippen LogP) is 2.35. The molecule has 2 amide bonds. The van der Waals surface area contributed by atoms with E-state index < -0.39 is 0 Å². The van der Waals surface area contributed by atoms with E-state index in [4.69, 9.17) is 0 Å². The highest BCUT2D eigenvalue weighted by Crippen LogP contribution is 2.22. The van der Waals surface area contributed by atoms with E-state index in [1.54, 1.807) is 6.20 Å². The molecule has 31 heavy (non-hydrogen) atoms. The molecule has 0 saturated carbocycles. The average molecular weight is 442 g/mol. The van der Waals surface area contributed by atoms with Gasteiger partial charge < -0.3 is 9.80 Å². The molecule has 1 aromatic heterocycles. The fraction of sp³-hybridized carbons (Fsp3) is 0.522. The second-order valence-corrected chi connectivity index (χ2v) is 9.32. The number of thioether (sulfide) groups is 1. The van der Waals surface area contributed by atoms with Crippen molar-refractivity contribution < 1.29 is 9.59 Å². The summed E-state index contributed by atoms with van der Waals surface area (Å²) in [5, 5.41) is 0.825. The summed E-state index contributed by atoms with van der Waals surface area (Å²) in [6, 6.07) is 6.34. The van der Waals surface area contributed by atoms with Crippen molar-refractivity contribution in [2.75, 3.05) is 51.6 Å². The number of nitrogens with zero attached hydrogens (tertiary/aromatic N) is 5. The van der Waals surface area contributed by atoms with Crippen LogP contribution in [0.25, 0.3) is 5.69 Å². The number of aromatic nitrogens is 2. The van der Waals surface area contributed by atoms with Crippen LogP contribution >= 0.6 is 11.8 Å². The second kappa shape index (κ2) is 9.87. The van der Waals surface area contributed by atoms with Crippen LogP contribution in [-0.4, -0.2) is 87.6 Å². The summed E-state index contributed by atoms with van der Waals surface area (Å²) >= 11 is 1.47. The van der Waals surface area contributed by atoms with E-state index in [0.29, 0.717) is 25.4 Å². The van der Waals surface area contributed by atoms with Crippen molar-refractivity contribution in [3.63, 3.8) is 0 Å². The van der Waals surface area contributed by atoms with Gasteiger partial charge in [0.1, 0.15) is 0 Å². The lowest BCUT2D eigenvalue weighted by Crippen LogP contribution is -2.51. The molecule has 4 rings (SSSR count). The van der Waals surface area contributed by atoms with Crippen LogP contribution in [0, 0.1) is 13.8 Å². The number of piperazine rings is 1. The Balaban J connectivity index is 1.26. The zero-order chi connectivity index (χ0) is 21.8. The van der Waals surface area contributed by atoms with Crippen molar-refractivity contribution in [1.29, 1.82) is 0 Å². The number of hydrogen-bond donors (Lipinski definition) is 0. The van der Waals surface area contributed by atoms with Gasteiger partial charge in [0.2, 0.25) is 11.8 Å². The smallest absolute Gasteiger partial charge is 0.236 e. The van der Waals surface area contributed by atoms with Gasteiger partial charge >= 0.3 is 0 Å². The molecule has 0 bridgehead atoms. The number of aryl methyl sites for hydroxylation is 2. The molecule has 0 radical (unpaired) electrons. The van der Waals surface area contributed by atoms with Crippen molar-refractivity contribution in [2.24, 2.45) is 0 Å². The fourth-order valence-electron chi connectivity index (χ4n) is 4.10. The number of rotatable bonds is 6. The molecule has 0 aliphatic carbocycles. The van der Waals surface area contributed by atoms with E-state index >= 15 is 0 Å². The van der Waals surface area contributed by atoms with Gasteiger partial charge in [-0.2, -0.15) is 0 Å². The normalized spacial score (nSPS) is 17.4. The largest absolute Gasteiger partial charge is 0.342 e. The maximum atomic E-state index is 12.8. The highest BCUT2D eigenvalue weighted by Gasteiger charge is 2.25. The first kappa shape index (κ1) is 21.9. The zero-order valence-electron chi connectivity index (χ0n) is 18.4. The minimum absolute atomic E-state index is 0.130. The lowest BCUT2D eigenvalue weighted by atomic mass is 10.1. The van der Waals surface area contributed by atoms with E-state index in [1.807, 2.05) is 20.6 Å². The third kappa shape index (κ3) is 5.30. The molecule has 0 N–H and O–H groups in total. The Hall–Kier alpha value is -2.32. The Morgan fingerprint density at radius 2 is 1.65 bits per heavy atom. The molecule has 166 valence electrons. The molecule has 3 heterocycles. The van der Waals surface area contributed by atoms with Gasteiger partial charge in [-0.05, 0) is 49.9 Å². The molecule has 0 spiro atoms. The summed E-state index contributed by atoms with van der Waals surface area (Å²) in [5.74, 6) is 0.727.